The maximum absolute atomic E-state index is 13.4. The van der Waals surface area contributed by atoms with E-state index < -0.39 is 15.8 Å². The summed E-state index contributed by atoms with van der Waals surface area (Å²) in [4.78, 5) is 29.5. The SMILES string of the molecule is O=C(CN1CCN(C(=O)c2nn(S(=O)(=O)c3ccccc3)c3ccccc23)CC1)c1ccc(F)cc1. The summed E-state index contributed by atoms with van der Waals surface area (Å²) in [6, 6.07) is 20.1. The number of benzene rings is 3. The van der Waals surface area contributed by atoms with Gasteiger partial charge in [-0.1, -0.05) is 36.4 Å². The number of carbonyl (C=O) groups excluding carboxylic acids is 2. The summed E-state index contributed by atoms with van der Waals surface area (Å²) in [5, 5.41) is 4.72. The topological polar surface area (TPSA) is 92.6 Å². The normalized spacial score (nSPS) is 14.8. The summed E-state index contributed by atoms with van der Waals surface area (Å²) < 4.78 is 40.6. The Labute approximate surface area is 207 Å². The molecule has 1 aliphatic heterocycles. The Balaban J connectivity index is 1.34. The Bertz CT molecular complexity index is 1530. The first-order chi connectivity index (χ1) is 17.3. The van der Waals surface area contributed by atoms with Crippen LogP contribution in [0.1, 0.15) is 20.8 Å². The molecule has 0 saturated carbocycles. The predicted molar refractivity (Wildman–Crippen MR) is 132 cm³/mol. The standard InChI is InChI=1S/C26H23FN4O4S/c27-20-12-10-19(11-13-20)24(32)18-29-14-16-30(17-15-29)26(33)25-22-8-4-5-9-23(22)31(28-25)36(34,35)21-6-2-1-3-7-21/h1-13H,14-18H2. The highest BCUT2D eigenvalue weighted by Gasteiger charge is 2.30. The second-order valence-corrected chi connectivity index (χ2v) is 10.3. The molecule has 0 radical (unpaired) electrons. The lowest BCUT2D eigenvalue weighted by Crippen LogP contribution is -2.50. The molecule has 8 nitrogen and oxygen atoms in total. The second-order valence-electron chi connectivity index (χ2n) is 8.53. The smallest absolute Gasteiger partial charge is 0.283 e. The Kier molecular flexibility index (Phi) is 6.38. The Hall–Kier alpha value is -3.89. The van der Waals surface area contributed by atoms with Crippen molar-refractivity contribution in [2.24, 2.45) is 0 Å². The molecule has 1 aromatic heterocycles. The molecular weight excluding hydrogens is 483 g/mol. The minimum absolute atomic E-state index is 0.0703. The van der Waals surface area contributed by atoms with Crippen LogP contribution in [0.25, 0.3) is 10.9 Å². The highest BCUT2D eigenvalue weighted by molar-refractivity contribution is 7.90. The zero-order chi connectivity index (χ0) is 25.3. The number of amides is 1. The van der Waals surface area contributed by atoms with Crippen molar-refractivity contribution in [3.05, 3.63) is 95.9 Å². The summed E-state index contributed by atoms with van der Waals surface area (Å²) in [6.45, 7) is 1.84. The van der Waals surface area contributed by atoms with Gasteiger partial charge in [-0.2, -0.15) is 17.6 Å². The van der Waals surface area contributed by atoms with Crippen molar-refractivity contribution in [3.63, 3.8) is 0 Å². The van der Waals surface area contributed by atoms with E-state index in [0.29, 0.717) is 42.6 Å². The fourth-order valence-electron chi connectivity index (χ4n) is 4.26. The number of hydrogen-bond acceptors (Lipinski definition) is 6. The van der Waals surface area contributed by atoms with Gasteiger partial charge < -0.3 is 4.90 Å². The highest BCUT2D eigenvalue weighted by Crippen LogP contribution is 2.25. The van der Waals surface area contributed by atoms with Gasteiger partial charge in [0.1, 0.15) is 5.82 Å². The van der Waals surface area contributed by atoms with Crippen LogP contribution >= 0.6 is 0 Å². The van der Waals surface area contributed by atoms with E-state index in [9.17, 15) is 22.4 Å². The molecule has 10 heteroatoms. The third-order valence-electron chi connectivity index (χ3n) is 6.22. The van der Waals surface area contributed by atoms with Gasteiger partial charge >= 0.3 is 0 Å². The van der Waals surface area contributed by atoms with Crippen LogP contribution in [0.5, 0.6) is 0 Å². The van der Waals surface area contributed by atoms with Gasteiger partial charge in [0.25, 0.3) is 15.9 Å². The summed E-state index contributed by atoms with van der Waals surface area (Å²) >= 11 is 0. The van der Waals surface area contributed by atoms with Crippen LogP contribution in [0.2, 0.25) is 0 Å². The molecule has 1 fully saturated rings. The van der Waals surface area contributed by atoms with Gasteiger partial charge in [0.05, 0.1) is 17.0 Å². The van der Waals surface area contributed by atoms with E-state index in [4.69, 9.17) is 0 Å². The third-order valence-corrected chi connectivity index (χ3v) is 7.82. The minimum atomic E-state index is -3.99. The molecule has 1 aliphatic rings. The van der Waals surface area contributed by atoms with Crippen molar-refractivity contribution in [2.75, 3.05) is 32.7 Å². The predicted octanol–water partition coefficient (Wildman–Crippen LogP) is 3.05. The summed E-state index contributed by atoms with van der Waals surface area (Å²) in [5.41, 5.74) is 0.834. The van der Waals surface area contributed by atoms with E-state index in [2.05, 4.69) is 5.10 Å². The molecule has 0 atom stereocenters. The molecule has 1 amide bonds. The van der Waals surface area contributed by atoms with Crippen molar-refractivity contribution in [1.29, 1.82) is 0 Å². The molecule has 0 unspecified atom stereocenters. The fraction of sp³-hybridized carbons (Fsp3) is 0.192. The molecule has 0 bridgehead atoms. The molecule has 0 spiro atoms. The Morgan fingerprint density at radius 1 is 0.833 bits per heavy atom. The van der Waals surface area contributed by atoms with Gasteiger partial charge in [-0.3, -0.25) is 14.5 Å². The first kappa shape index (κ1) is 23.8. The number of hydrogen-bond donors (Lipinski definition) is 0. The van der Waals surface area contributed by atoms with Gasteiger partial charge in [-0.05, 0) is 42.5 Å². The fourth-order valence-corrected chi connectivity index (χ4v) is 5.57. The van der Waals surface area contributed by atoms with E-state index >= 15 is 0 Å². The molecule has 2 heterocycles. The van der Waals surface area contributed by atoms with Crippen LogP contribution in [-0.2, 0) is 10.0 Å². The lowest BCUT2D eigenvalue weighted by Gasteiger charge is -2.34. The number of para-hydroxylation sites is 1. The second kappa shape index (κ2) is 9.63. The van der Waals surface area contributed by atoms with Crippen LogP contribution in [0.3, 0.4) is 0 Å². The number of rotatable bonds is 6. The molecule has 1 saturated heterocycles. The average molecular weight is 507 g/mol. The number of nitrogens with zero attached hydrogens (tertiary/aromatic N) is 4. The zero-order valence-corrected chi connectivity index (χ0v) is 20.1. The van der Waals surface area contributed by atoms with Gasteiger partial charge in [-0.25, -0.2) is 4.39 Å². The first-order valence-electron chi connectivity index (χ1n) is 11.4. The number of piperazine rings is 1. The summed E-state index contributed by atoms with van der Waals surface area (Å²) in [6.07, 6.45) is 0. The largest absolute Gasteiger partial charge is 0.335 e. The van der Waals surface area contributed by atoms with Gasteiger partial charge in [0.15, 0.2) is 11.5 Å². The van der Waals surface area contributed by atoms with E-state index in [0.717, 1.165) is 4.09 Å². The zero-order valence-electron chi connectivity index (χ0n) is 19.2. The van der Waals surface area contributed by atoms with Crippen molar-refractivity contribution in [1.82, 2.24) is 19.0 Å². The van der Waals surface area contributed by atoms with E-state index in [1.165, 1.54) is 36.4 Å². The molecule has 4 aromatic rings. The Morgan fingerprint density at radius 3 is 2.17 bits per heavy atom. The van der Waals surface area contributed by atoms with Crippen LogP contribution in [0.4, 0.5) is 4.39 Å². The van der Waals surface area contributed by atoms with Crippen molar-refractivity contribution < 1.29 is 22.4 Å². The maximum atomic E-state index is 13.4. The molecule has 0 aliphatic carbocycles. The molecule has 184 valence electrons. The van der Waals surface area contributed by atoms with Gasteiger partial charge in [0, 0.05) is 37.1 Å². The van der Waals surface area contributed by atoms with E-state index in [1.807, 2.05) is 4.90 Å². The highest BCUT2D eigenvalue weighted by atomic mass is 32.2. The van der Waals surface area contributed by atoms with Crippen LogP contribution < -0.4 is 0 Å². The summed E-state index contributed by atoms with van der Waals surface area (Å²) in [7, 11) is -3.99. The Morgan fingerprint density at radius 2 is 1.47 bits per heavy atom. The van der Waals surface area contributed by atoms with Crippen molar-refractivity contribution in [2.45, 2.75) is 4.90 Å². The van der Waals surface area contributed by atoms with Crippen LogP contribution in [-0.4, -0.2) is 71.8 Å². The monoisotopic (exact) mass is 506 g/mol. The molecule has 0 N–H and O–H groups in total. The van der Waals surface area contributed by atoms with Gasteiger partial charge in [-0.15, -0.1) is 0 Å². The van der Waals surface area contributed by atoms with Crippen LogP contribution in [0.15, 0.2) is 83.8 Å². The molecule has 3 aromatic carbocycles. The lowest BCUT2D eigenvalue weighted by atomic mass is 10.1. The number of halogens is 1. The lowest BCUT2D eigenvalue weighted by molar-refractivity contribution is 0.0620. The van der Waals surface area contributed by atoms with Crippen molar-refractivity contribution >= 4 is 32.6 Å². The molecule has 36 heavy (non-hydrogen) atoms. The number of Topliss-reactive ketones (excluding diaryl/α,β-unsaturated/α-hetero) is 1. The summed E-state index contributed by atoms with van der Waals surface area (Å²) in [5.74, 6) is -0.881. The number of aromatic nitrogens is 2. The van der Waals surface area contributed by atoms with Crippen LogP contribution in [0, 0.1) is 5.82 Å². The minimum Gasteiger partial charge on any atom is -0.335 e. The average Bonchev–Trinajstić information content (AvgIpc) is 3.30. The van der Waals surface area contributed by atoms with Crippen molar-refractivity contribution in [3.8, 4) is 0 Å². The number of carbonyl (C=O) groups is 2. The van der Waals surface area contributed by atoms with E-state index in [-0.39, 0.29) is 28.8 Å². The maximum Gasteiger partial charge on any atom is 0.283 e. The third kappa shape index (κ3) is 4.52. The molecule has 5 rings (SSSR count). The van der Waals surface area contributed by atoms with E-state index in [1.54, 1.807) is 47.4 Å². The quantitative estimate of drug-likeness (QED) is 0.373. The van der Waals surface area contributed by atoms with Gasteiger partial charge in [0.2, 0.25) is 0 Å². The number of ketones is 1. The number of fused-ring (bicyclic) bond motifs is 1. The molecular formula is C26H23FN4O4S. The first-order valence-corrected chi connectivity index (χ1v) is 12.9.